The van der Waals surface area contributed by atoms with Crippen molar-refractivity contribution in [2.24, 2.45) is 0 Å². The Bertz CT molecular complexity index is 1310. The fourth-order valence-corrected chi connectivity index (χ4v) is 5.97. The highest BCUT2D eigenvalue weighted by Gasteiger charge is 2.36. The quantitative estimate of drug-likeness (QED) is 0.363. The minimum Gasteiger partial charge on any atom is -0.452 e. The molecule has 1 atom stereocenters. The van der Waals surface area contributed by atoms with E-state index < -0.39 is 28.5 Å². The number of benzene rings is 3. The minimum absolute atomic E-state index is 0.000802. The molecule has 1 heterocycles. The molecule has 4 rings (SSSR count). The molecule has 7 nitrogen and oxygen atoms in total. The Morgan fingerprint density at radius 3 is 2.54 bits per heavy atom. The van der Waals surface area contributed by atoms with Crippen LogP contribution in [-0.4, -0.2) is 39.5 Å². The van der Waals surface area contributed by atoms with Gasteiger partial charge in [0.1, 0.15) is 0 Å². The first-order chi connectivity index (χ1) is 16.9. The van der Waals surface area contributed by atoms with Crippen LogP contribution in [-0.2, 0) is 32.4 Å². The van der Waals surface area contributed by atoms with Crippen LogP contribution in [0.15, 0.2) is 83.8 Å². The lowest BCUT2D eigenvalue weighted by molar-refractivity contribution is -0.124. The number of ether oxygens (including phenoxy) is 1. The molecule has 0 radical (unpaired) electrons. The number of carbonyl (C=O) groups excluding carboxylic acids is 2. The summed E-state index contributed by atoms with van der Waals surface area (Å²) < 4.78 is 33.3. The Morgan fingerprint density at radius 2 is 1.74 bits per heavy atom. The smallest absolute Gasteiger partial charge is 0.338 e. The van der Waals surface area contributed by atoms with Crippen molar-refractivity contribution in [3.05, 3.63) is 95.6 Å². The number of hydrogen-bond donors (Lipinski definition) is 1. The number of esters is 1. The maximum Gasteiger partial charge on any atom is 0.338 e. The molecule has 0 spiro atoms. The summed E-state index contributed by atoms with van der Waals surface area (Å²) in [6, 6.07) is 22.8. The number of amides is 1. The van der Waals surface area contributed by atoms with Crippen LogP contribution in [0, 0.1) is 0 Å². The molecule has 0 fully saturated rings. The molecule has 0 saturated carbocycles. The zero-order valence-electron chi connectivity index (χ0n) is 19.5. The van der Waals surface area contributed by atoms with Gasteiger partial charge in [0.25, 0.3) is 15.9 Å². The summed E-state index contributed by atoms with van der Waals surface area (Å²) in [4.78, 5) is 24.6. The molecule has 1 amide bonds. The average Bonchev–Trinajstić information content (AvgIpc) is 3.22. The molecule has 0 saturated heterocycles. The number of carbonyl (C=O) groups is 2. The van der Waals surface area contributed by atoms with E-state index in [2.05, 4.69) is 5.32 Å². The monoisotopic (exact) mass is 492 g/mol. The van der Waals surface area contributed by atoms with Crippen LogP contribution in [0.5, 0.6) is 0 Å². The molecule has 3 aromatic carbocycles. The molecule has 0 unspecified atom stereocenters. The van der Waals surface area contributed by atoms with Gasteiger partial charge in [0.15, 0.2) is 6.61 Å². The minimum atomic E-state index is -3.88. The van der Waals surface area contributed by atoms with Crippen molar-refractivity contribution in [1.82, 2.24) is 5.32 Å². The van der Waals surface area contributed by atoms with Gasteiger partial charge in [0, 0.05) is 12.6 Å². The average molecular weight is 493 g/mol. The second-order valence-corrected chi connectivity index (χ2v) is 10.3. The maximum absolute atomic E-state index is 13.4. The predicted molar refractivity (Wildman–Crippen MR) is 134 cm³/mol. The summed E-state index contributed by atoms with van der Waals surface area (Å²) >= 11 is 0. The summed E-state index contributed by atoms with van der Waals surface area (Å²) in [7, 11) is -3.88. The summed E-state index contributed by atoms with van der Waals surface area (Å²) in [5.41, 5.74) is 2.88. The molecule has 1 aliphatic heterocycles. The first-order valence-electron chi connectivity index (χ1n) is 11.6. The van der Waals surface area contributed by atoms with E-state index in [9.17, 15) is 18.0 Å². The van der Waals surface area contributed by atoms with Crippen molar-refractivity contribution in [2.45, 2.75) is 37.1 Å². The summed E-state index contributed by atoms with van der Waals surface area (Å²) in [5, 5.41) is 2.73. The molecule has 1 aliphatic rings. The van der Waals surface area contributed by atoms with Gasteiger partial charge < -0.3 is 10.1 Å². The second kappa shape index (κ2) is 10.7. The topological polar surface area (TPSA) is 92.8 Å². The van der Waals surface area contributed by atoms with Gasteiger partial charge in [-0.15, -0.1) is 0 Å². The largest absolute Gasteiger partial charge is 0.452 e. The lowest BCUT2D eigenvalue weighted by Gasteiger charge is -2.24. The van der Waals surface area contributed by atoms with E-state index >= 15 is 0 Å². The van der Waals surface area contributed by atoms with E-state index in [1.165, 1.54) is 34.1 Å². The van der Waals surface area contributed by atoms with Crippen molar-refractivity contribution in [1.29, 1.82) is 0 Å². The zero-order chi connectivity index (χ0) is 24.8. The van der Waals surface area contributed by atoms with Crippen LogP contribution in [0.1, 0.15) is 34.8 Å². The van der Waals surface area contributed by atoms with E-state index in [0.717, 1.165) is 18.4 Å². The Balaban J connectivity index is 1.33. The van der Waals surface area contributed by atoms with Crippen molar-refractivity contribution in [2.75, 3.05) is 17.5 Å². The number of fused-ring (bicyclic) bond motifs is 1. The summed E-state index contributed by atoms with van der Waals surface area (Å²) in [5.74, 6) is -1.16. The highest BCUT2D eigenvalue weighted by molar-refractivity contribution is 7.92. The van der Waals surface area contributed by atoms with Gasteiger partial charge in [-0.25, -0.2) is 13.2 Å². The number of hydrogen-bond acceptors (Lipinski definition) is 5. The fraction of sp³-hybridized carbons (Fsp3) is 0.259. The standard InChI is InChI=1S/C27H28N2O5S/c1-20-17-22-12-5-6-15-25(22)29(20)35(32,33)24-14-7-13-23(18-24)27(31)34-19-26(30)28-16-8-11-21-9-3-2-4-10-21/h2-7,9-10,12-15,18,20H,8,11,16-17,19H2,1H3,(H,28,30)/t20-/m1/s1. The lowest BCUT2D eigenvalue weighted by Crippen LogP contribution is -2.35. The molecule has 8 heteroatoms. The van der Waals surface area contributed by atoms with Crippen molar-refractivity contribution < 1.29 is 22.7 Å². The number of rotatable bonds is 9. The third-order valence-corrected chi connectivity index (χ3v) is 7.84. The molecule has 1 N–H and O–H groups in total. The number of anilines is 1. The Morgan fingerprint density at radius 1 is 1.00 bits per heavy atom. The van der Waals surface area contributed by atoms with Crippen LogP contribution < -0.4 is 9.62 Å². The van der Waals surface area contributed by atoms with Gasteiger partial charge in [-0.1, -0.05) is 54.6 Å². The van der Waals surface area contributed by atoms with Crippen LogP contribution in [0.2, 0.25) is 0 Å². The van der Waals surface area contributed by atoms with Crippen LogP contribution >= 0.6 is 0 Å². The zero-order valence-corrected chi connectivity index (χ0v) is 20.3. The Hall–Kier alpha value is -3.65. The molecule has 0 aliphatic carbocycles. The predicted octanol–water partition coefficient (Wildman–Crippen LogP) is 3.73. The molecule has 35 heavy (non-hydrogen) atoms. The molecule has 3 aromatic rings. The molecule has 182 valence electrons. The third kappa shape index (κ3) is 5.71. The molecule has 0 aromatic heterocycles. The van der Waals surface area contributed by atoms with Crippen molar-refractivity contribution in [3.8, 4) is 0 Å². The van der Waals surface area contributed by atoms with Crippen LogP contribution in [0.25, 0.3) is 0 Å². The molecular weight excluding hydrogens is 464 g/mol. The number of nitrogens with zero attached hydrogens (tertiary/aromatic N) is 1. The first-order valence-corrected chi connectivity index (χ1v) is 13.0. The van der Waals surface area contributed by atoms with Gasteiger partial charge in [0.2, 0.25) is 0 Å². The SMILES string of the molecule is C[C@@H]1Cc2ccccc2N1S(=O)(=O)c1cccc(C(=O)OCC(=O)NCCCc2ccccc2)c1. The van der Waals surface area contributed by atoms with Gasteiger partial charge in [0.05, 0.1) is 16.1 Å². The van der Waals surface area contributed by atoms with E-state index in [4.69, 9.17) is 4.74 Å². The number of aryl methyl sites for hydroxylation is 1. The van der Waals surface area contributed by atoms with Crippen molar-refractivity contribution >= 4 is 27.6 Å². The second-order valence-electron chi connectivity index (χ2n) is 8.53. The summed E-state index contributed by atoms with van der Waals surface area (Å²) in [6.45, 7) is 1.89. The van der Waals surface area contributed by atoms with Gasteiger partial charge >= 0.3 is 5.97 Å². The Labute approximate surface area is 205 Å². The van der Waals surface area contributed by atoms with E-state index in [0.29, 0.717) is 18.7 Å². The molecule has 0 bridgehead atoms. The number of sulfonamides is 1. The van der Waals surface area contributed by atoms with Crippen LogP contribution in [0.3, 0.4) is 0 Å². The fourth-order valence-electron chi connectivity index (χ4n) is 4.23. The maximum atomic E-state index is 13.4. The van der Waals surface area contributed by atoms with Crippen LogP contribution in [0.4, 0.5) is 5.69 Å². The number of para-hydroxylation sites is 1. The Kier molecular flexibility index (Phi) is 7.51. The van der Waals surface area contributed by atoms with E-state index in [1.54, 1.807) is 12.1 Å². The van der Waals surface area contributed by atoms with Gasteiger partial charge in [-0.3, -0.25) is 9.10 Å². The lowest BCUT2D eigenvalue weighted by atomic mass is 10.1. The van der Waals surface area contributed by atoms with Gasteiger partial charge in [-0.2, -0.15) is 0 Å². The highest BCUT2D eigenvalue weighted by Crippen LogP contribution is 2.36. The molecular formula is C27H28N2O5S. The highest BCUT2D eigenvalue weighted by atomic mass is 32.2. The first kappa shape index (κ1) is 24.5. The van der Waals surface area contributed by atoms with E-state index in [1.807, 2.05) is 49.4 Å². The number of nitrogens with one attached hydrogen (secondary N) is 1. The normalized spacial score (nSPS) is 14.9. The van der Waals surface area contributed by atoms with Gasteiger partial charge in [-0.05, 0) is 61.6 Å². The third-order valence-electron chi connectivity index (χ3n) is 5.91. The van der Waals surface area contributed by atoms with E-state index in [-0.39, 0.29) is 16.5 Å². The van der Waals surface area contributed by atoms with Crippen molar-refractivity contribution in [3.63, 3.8) is 0 Å². The summed E-state index contributed by atoms with van der Waals surface area (Å²) in [6.07, 6.45) is 2.22.